The van der Waals surface area contributed by atoms with Gasteiger partial charge in [0.1, 0.15) is 12.1 Å². The first-order valence-corrected chi connectivity index (χ1v) is 11.8. The summed E-state index contributed by atoms with van der Waals surface area (Å²) in [4.78, 5) is 36.0. The van der Waals surface area contributed by atoms with E-state index in [9.17, 15) is 9.59 Å². The zero-order chi connectivity index (χ0) is 24.2. The van der Waals surface area contributed by atoms with Gasteiger partial charge in [0.2, 0.25) is 5.91 Å². The van der Waals surface area contributed by atoms with Gasteiger partial charge < -0.3 is 9.64 Å². The van der Waals surface area contributed by atoms with E-state index < -0.39 is 0 Å². The highest BCUT2D eigenvalue weighted by Gasteiger charge is 2.34. The predicted octanol–water partition coefficient (Wildman–Crippen LogP) is 4.11. The van der Waals surface area contributed by atoms with Crippen molar-refractivity contribution in [3.05, 3.63) is 78.1 Å². The van der Waals surface area contributed by atoms with Gasteiger partial charge in [-0.3, -0.25) is 4.79 Å². The molecule has 1 atom stereocenters. The van der Waals surface area contributed by atoms with E-state index in [0.717, 1.165) is 55.0 Å². The van der Waals surface area contributed by atoms with Gasteiger partial charge in [-0.15, -0.1) is 0 Å². The van der Waals surface area contributed by atoms with Crippen LogP contribution >= 0.6 is 0 Å². The highest BCUT2D eigenvalue weighted by molar-refractivity contribution is 5.90. The number of carbonyl (C=O) groups excluding carboxylic acids is 2. The molecule has 3 heterocycles. The fraction of sp³-hybridized carbons (Fsp3) is 0.296. The summed E-state index contributed by atoms with van der Waals surface area (Å²) in [5, 5.41) is 6.09. The minimum atomic E-state index is -0.368. The van der Waals surface area contributed by atoms with Crippen molar-refractivity contribution in [2.45, 2.75) is 25.3 Å². The summed E-state index contributed by atoms with van der Waals surface area (Å²) >= 11 is 0. The second kappa shape index (κ2) is 10.0. The average molecular weight is 470 g/mol. The summed E-state index contributed by atoms with van der Waals surface area (Å²) < 4.78 is 4.76. The molecule has 5 rings (SSSR count). The first kappa shape index (κ1) is 22.7. The monoisotopic (exact) mass is 469 g/mol. The molecular formula is C27H27N5O3. The Kier molecular flexibility index (Phi) is 6.52. The number of piperidine rings is 1. The molecule has 8 heteroatoms. The number of hydrazone groups is 1. The van der Waals surface area contributed by atoms with E-state index in [2.05, 4.69) is 32.1 Å². The molecule has 1 aromatic heterocycles. The quantitative estimate of drug-likeness (QED) is 0.523. The van der Waals surface area contributed by atoms with Crippen LogP contribution in [0.5, 0.6) is 0 Å². The third kappa shape index (κ3) is 4.77. The van der Waals surface area contributed by atoms with Crippen LogP contribution in [0.3, 0.4) is 0 Å². The van der Waals surface area contributed by atoms with Crippen molar-refractivity contribution < 1.29 is 14.3 Å². The van der Waals surface area contributed by atoms with Crippen LogP contribution in [0.1, 0.15) is 41.2 Å². The van der Waals surface area contributed by atoms with Gasteiger partial charge in [0, 0.05) is 43.3 Å². The lowest BCUT2D eigenvalue weighted by molar-refractivity contribution is -0.138. The molecule has 1 unspecified atom stereocenters. The molecule has 0 aliphatic carbocycles. The predicted molar refractivity (Wildman–Crippen MR) is 133 cm³/mol. The van der Waals surface area contributed by atoms with Crippen LogP contribution in [0.4, 0.5) is 5.82 Å². The third-order valence-corrected chi connectivity index (χ3v) is 6.66. The number of anilines is 1. The number of hydrogen-bond donors (Lipinski definition) is 0. The lowest BCUT2D eigenvalue weighted by Gasteiger charge is -2.34. The number of rotatable bonds is 5. The van der Waals surface area contributed by atoms with E-state index in [0.29, 0.717) is 5.56 Å². The molecule has 178 valence electrons. The summed E-state index contributed by atoms with van der Waals surface area (Å²) in [7, 11) is 1.36. The van der Waals surface area contributed by atoms with Crippen molar-refractivity contribution >= 4 is 23.9 Å². The lowest BCUT2D eigenvalue weighted by atomic mass is 9.94. The molecule has 0 spiro atoms. The van der Waals surface area contributed by atoms with Crippen LogP contribution in [0.2, 0.25) is 0 Å². The van der Waals surface area contributed by atoms with Crippen LogP contribution in [-0.2, 0) is 9.53 Å². The highest BCUT2D eigenvalue weighted by Crippen LogP contribution is 2.32. The molecule has 3 aromatic rings. The first-order chi connectivity index (χ1) is 17.1. The summed E-state index contributed by atoms with van der Waals surface area (Å²) in [6, 6.07) is 19.2. The Morgan fingerprint density at radius 3 is 2.43 bits per heavy atom. The number of hydrogen-bond acceptors (Lipinski definition) is 7. The molecule has 35 heavy (non-hydrogen) atoms. The largest absolute Gasteiger partial charge is 0.465 e. The highest BCUT2D eigenvalue weighted by atomic mass is 16.5. The second-order valence-corrected chi connectivity index (χ2v) is 8.73. The summed E-state index contributed by atoms with van der Waals surface area (Å²) in [5.74, 6) is 0.507. The van der Waals surface area contributed by atoms with Crippen molar-refractivity contribution in [2.24, 2.45) is 11.0 Å². The van der Waals surface area contributed by atoms with Gasteiger partial charge in [0.05, 0.1) is 24.4 Å². The molecular weight excluding hydrogens is 442 g/mol. The Bertz CT molecular complexity index is 1220. The fourth-order valence-electron chi connectivity index (χ4n) is 4.69. The lowest BCUT2D eigenvalue weighted by Crippen LogP contribution is -2.41. The van der Waals surface area contributed by atoms with Crippen molar-refractivity contribution in [1.29, 1.82) is 0 Å². The minimum absolute atomic E-state index is 0.0169. The van der Waals surface area contributed by atoms with Gasteiger partial charge in [-0.1, -0.05) is 42.5 Å². The maximum Gasteiger partial charge on any atom is 0.337 e. The van der Waals surface area contributed by atoms with E-state index in [1.54, 1.807) is 23.5 Å². The van der Waals surface area contributed by atoms with Gasteiger partial charge in [0.15, 0.2) is 0 Å². The molecule has 2 aromatic carbocycles. The molecule has 8 nitrogen and oxygen atoms in total. The maximum absolute atomic E-state index is 13.3. The van der Waals surface area contributed by atoms with Crippen LogP contribution in [-0.4, -0.2) is 53.3 Å². The molecule has 1 fully saturated rings. The Morgan fingerprint density at radius 1 is 0.971 bits per heavy atom. The zero-order valence-electron chi connectivity index (χ0n) is 19.6. The van der Waals surface area contributed by atoms with Crippen LogP contribution in [0.15, 0.2) is 72.1 Å². The Morgan fingerprint density at radius 2 is 1.71 bits per heavy atom. The number of ether oxygens (including phenoxy) is 1. The Balaban J connectivity index is 1.23. The van der Waals surface area contributed by atoms with Crippen LogP contribution in [0.25, 0.3) is 11.3 Å². The van der Waals surface area contributed by atoms with Crippen molar-refractivity contribution in [3.63, 3.8) is 0 Å². The SMILES string of the molecule is COC(=O)c1ccc(-c2cc(N3CCC(C(=O)N4N=CCC4c4ccccc4)CC3)ncn2)cc1. The van der Waals surface area contributed by atoms with Gasteiger partial charge in [-0.05, 0) is 30.5 Å². The maximum atomic E-state index is 13.3. The zero-order valence-corrected chi connectivity index (χ0v) is 19.6. The van der Waals surface area contributed by atoms with Gasteiger partial charge in [-0.25, -0.2) is 19.8 Å². The average Bonchev–Trinajstić information content (AvgIpc) is 3.43. The number of carbonyl (C=O) groups is 2. The fourth-order valence-corrected chi connectivity index (χ4v) is 4.69. The number of esters is 1. The van der Waals surface area contributed by atoms with Crippen LogP contribution in [0, 0.1) is 5.92 Å². The van der Waals surface area contributed by atoms with E-state index in [4.69, 9.17) is 4.74 Å². The van der Waals surface area contributed by atoms with E-state index in [1.165, 1.54) is 7.11 Å². The molecule has 1 saturated heterocycles. The van der Waals surface area contributed by atoms with Crippen LogP contribution < -0.4 is 4.90 Å². The number of benzene rings is 2. The normalized spacial score (nSPS) is 18.0. The van der Waals surface area contributed by atoms with Gasteiger partial charge in [-0.2, -0.15) is 5.10 Å². The van der Waals surface area contributed by atoms with Crippen molar-refractivity contribution in [3.8, 4) is 11.3 Å². The molecule has 2 aliphatic heterocycles. The molecule has 0 radical (unpaired) electrons. The number of nitrogens with zero attached hydrogens (tertiary/aromatic N) is 5. The smallest absolute Gasteiger partial charge is 0.337 e. The van der Waals surface area contributed by atoms with Crippen molar-refractivity contribution in [2.75, 3.05) is 25.1 Å². The summed E-state index contributed by atoms with van der Waals surface area (Å²) in [6.45, 7) is 1.48. The van der Waals surface area contributed by atoms with Crippen molar-refractivity contribution in [1.82, 2.24) is 15.0 Å². The first-order valence-electron chi connectivity index (χ1n) is 11.8. The molecule has 0 saturated carbocycles. The van der Waals surface area contributed by atoms with E-state index >= 15 is 0 Å². The summed E-state index contributed by atoms with van der Waals surface area (Å²) in [6.07, 6.45) is 5.64. The summed E-state index contributed by atoms with van der Waals surface area (Å²) in [5.41, 5.74) is 3.28. The topological polar surface area (TPSA) is 88.0 Å². The number of methoxy groups -OCH3 is 1. The second-order valence-electron chi connectivity index (χ2n) is 8.73. The standard InChI is InChI=1S/C27H27N5O3/c1-35-27(34)22-9-7-19(8-10-22)23-17-25(29-18-28-23)31-15-12-21(13-16-31)26(33)32-24(11-14-30-32)20-5-3-2-4-6-20/h2-10,14,17-18,21,24H,11-13,15-16H2,1H3. The molecule has 1 amide bonds. The third-order valence-electron chi connectivity index (χ3n) is 6.66. The minimum Gasteiger partial charge on any atom is -0.465 e. The molecule has 2 aliphatic rings. The Hall–Kier alpha value is -4.07. The Labute approximate surface area is 204 Å². The number of amides is 1. The van der Waals surface area contributed by atoms with E-state index in [1.807, 2.05) is 42.6 Å². The number of aromatic nitrogens is 2. The van der Waals surface area contributed by atoms with Gasteiger partial charge >= 0.3 is 5.97 Å². The van der Waals surface area contributed by atoms with Gasteiger partial charge in [0.25, 0.3) is 0 Å². The molecule has 0 N–H and O–H groups in total. The molecule has 0 bridgehead atoms. The van der Waals surface area contributed by atoms with E-state index in [-0.39, 0.29) is 23.8 Å².